The lowest BCUT2D eigenvalue weighted by atomic mass is 10.2. The number of nitrogens with one attached hydrogen (secondary N) is 1. The van der Waals surface area contributed by atoms with Gasteiger partial charge in [0.25, 0.3) is 0 Å². The van der Waals surface area contributed by atoms with E-state index in [4.69, 9.17) is 5.73 Å². The number of hydrogen-bond acceptors (Lipinski definition) is 5. The highest BCUT2D eigenvalue weighted by Gasteiger charge is 2.17. The van der Waals surface area contributed by atoms with Gasteiger partial charge >= 0.3 is 0 Å². The van der Waals surface area contributed by atoms with Crippen LogP contribution in [-0.4, -0.2) is 17.0 Å². The summed E-state index contributed by atoms with van der Waals surface area (Å²) in [5.41, 5.74) is 7.82. The van der Waals surface area contributed by atoms with Crippen LogP contribution in [0.5, 0.6) is 0 Å². The number of nitrogen functional groups attached to an aromatic ring is 1. The van der Waals surface area contributed by atoms with Gasteiger partial charge in [-0.3, -0.25) is 0 Å². The zero-order valence-corrected chi connectivity index (χ0v) is 7.61. The average Bonchev–Trinajstić information content (AvgIpc) is 2.50. The molecule has 64 valence electrons. The van der Waals surface area contributed by atoms with E-state index in [0.29, 0.717) is 5.95 Å². The van der Waals surface area contributed by atoms with Gasteiger partial charge in [-0.05, 0) is 0 Å². The first-order chi connectivity index (χ1) is 5.81. The summed E-state index contributed by atoms with van der Waals surface area (Å²) in [6, 6.07) is 0. The fraction of sp³-hybridized carbons (Fsp3) is 0.429. The van der Waals surface area contributed by atoms with Crippen LogP contribution in [0.25, 0.3) is 0 Å². The minimum atomic E-state index is 0.362. The molecule has 0 saturated carbocycles. The van der Waals surface area contributed by atoms with Crippen molar-refractivity contribution >= 4 is 23.5 Å². The molecule has 4 nitrogen and oxygen atoms in total. The third-order valence-corrected chi connectivity index (χ3v) is 2.80. The fourth-order valence-electron chi connectivity index (χ4n) is 1.28. The minimum absolute atomic E-state index is 0.362. The quantitative estimate of drug-likeness (QED) is 0.674. The molecule has 1 aromatic heterocycles. The molecule has 0 aliphatic carbocycles. The van der Waals surface area contributed by atoms with Gasteiger partial charge in [0, 0.05) is 24.1 Å². The largest absolute Gasteiger partial charge is 0.373 e. The smallest absolute Gasteiger partial charge is 0.222 e. The summed E-state index contributed by atoms with van der Waals surface area (Å²) in [5, 5.41) is 3.02. The van der Waals surface area contributed by atoms with E-state index >= 15 is 0 Å². The predicted octanol–water partition coefficient (Wildman–Crippen LogP) is 0.847. The maximum absolute atomic E-state index is 5.54. The topological polar surface area (TPSA) is 63.8 Å². The van der Waals surface area contributed by atoms with E-state index in [2.05, 4.69) is 15.3 Å². The van der Waals surface area contributed by atoms with Gasteiger partial charge in [-0.1, -0.05) is 0 Å². The number of rotatable bonds is 1. The number of nitrogens with zero attached hydrogens (tertiary/aromatic N) is 2. The van der Waals surface area contributed by atoms with Crippen molar-refractivity contribution in [3.8, 4) is 0 Å². The first-order valence-corrected chi connectivity index (χ1v) is 4.87. The molecule has 0 radical (unpaired) electrons. The molecule has 0 unspecified atom stereocenters. The molecular weight excluding hydrogens is 172 g/mol. The highest BCUT2D eigenvalue weighted by atomic mass is 32.2. The van der Waals surface area contributed by atoms with Gasteiger partial charge in [0.1, 0.15) is 5.82 Å². The lowest BCUT2D eigenvalue weighted by molar-refractivity contribution is 1.08. The molecule has 1 aliphatic rings. The zero-order valence-electron chi connectivity index (χ0n) is 6.79. The van der Waals surface area contributed by atoms with E-state index in [1.54, 1.807) is 0 Å². The lowest BCUT2D eigenvalue weighted by Gasteiger charge is -2.05. The Kier molecular flexibility index (Phi) is 1.80. The van der Waals surface area contributed by atoms with Gasteiger partial charge in [-0.2, -0.15) is 16.7 Å². The van der Waals surface area contributed by atoms with Gasteiger partial charge < -0.3 is 11.1 Å². The number of aromatic nitrogens is 2. The maximum Gasteiger partial charge on any atom is 0.222 e. The monoisotopic (exact) mass is 182 g/mol. The first kappa shape index (κ1) is 7.67. The van der Waals surface area contributed by atoms with Crippen LogP contribution in [0.15, 0.2) is 0 Å². The van der Waals surface area contributed by atoms with Crippen molar-refractivity contribution in [2.45, 2.75) is 11.5 Å². The summed E-state index contributed by atoms with van der Waals surface area (Å²) >= 11 is 1.84. The van der Waals surface area contributed by atoms with Crippen LogP contribution >= 0.6 is 11.8 Å². The van der Waals surface area contributed by atoms with E-state index in [0.717, 1.165) is 23.0 Å². The molecule has 0 spiro atoms. The third kappa shape index (κ3) is 1.10. The minimum Gasteiger partial charge on any atom is -0.373 e. The second-order valence-electron chi connectivity index (χ2n) is 2.60. The standard InChI is InChI=1S/C7H10N4S/c1-9-6-4-2-12-3-5(4)10-7(8)11-6/h2-3H2,1H3,(H3,8,9,10,11). The Morgan fingerprint density at radius 2 is 2.25 bits per heavy atom. The van der Waals surface area contributed by atoms with Gasteiger partial charge in [0.15, 0.2) is 0 Å². The molecule has 0 amide bonds. The SMILES string of the molecule is CNc1nc(N)nc2c1CSC2. The van der Waals surface area contributed by atoms with Crippen LogP contribution in [0, 0.1) is 0 Å². The summed E-state index contributed by atoms with van der Waals surface area (Å²) in [4.78, 5) is 8.27. The van der Waals surface area contributed by atoms with Crippen LogP contribution in [0.4, 0.5) is 11.8 Å². The average molecular weight is 182 g/mol. The molecule has 2 heterocycles. The summed E-state index contributed by atoms with van der Waals surface area (Å²) < 4.78 is 0. The molecule has 0 saturated heterocycles. The highest BCUT2D eigenvalue weighted by Crippen LogP contribution is 2.32. The molecule has 2 rings (SSSR count). The fourth-order valence-corrected chi connectivity index (χ4v) is 2.32. The van der Waals surface area contributed by atoms with Crippen molar-refractivity contribution in [1.29, 1.82) is 0 Å². The van der Waals surface area contributed by atoms with Crippen molar-refractivity contribution in [2.75, 3.05) is 18.1 Å². The lowest BCUT2D eigenvalue weighted by Crippen LogP contribution is -2.04. The van der Waals surface area contributed by atoms with Crippen LogP contribution in [0.3, 0.4) is 0 Å². The number of fused-ring (bicyclic) bond motifs is 1. The van der Waals surface area contributed by atoms with E-state index in [-0.39, 0.29) is 0 Å². The molecule has 0 aromatic carbocycles. The predicted molar refractivity (Wildman–Crippen MR) is 51.0 cm³/mol. The Labute approximate surface area is 75.0 Å². The highest BCUT2D eigenvalue weighted by molar-refractivity contribution is 7.98. The Bertz CT molecular complexity index is 313. The van der Waals surface area contributed by atoms with E-state index in [9.17, 15) is 0 Å². The van der Waals surface area contributed by atoms with Gasteiger partial charge in [-0.15, -0.1) is 0 Å². The van der Waals surface area contributed by atoms with E-state index in [1.807, 2.05) is 18.8 Å². The van der Waals surface area contributed by atoms with Crippen molar-refractivity contribution < 1.29 is 0 Å². The molecule has 1 aliphatic heterocycles. The molecule has 1 aromatic rings. The Morgan fingerprint density at radius 3 is 3.00 bits per heavy atom. The van der Waals surface area contributed by atoms with Crippen LogP contribution in [-0.2, 0) is 11.5 Å². The van der Waals surface area contributed by atoms with Crippen molar-refractivity contribution in [1.82, 2.24) is 9.97 Å². The van der Waals surface area contributed by atoms with Gasteiger partial charge in [0.05, 0.1) is 5.69 Å². The first-order valence-electron chi connectivity index (χ1n) is 3.72. The molecule has 12 heavy (non-hydrogen) atoms. The maximum atomic E-state index is 5.54. The molecule has 5 heteroatoms. The van der Waals surface area contributed by atoms with Crippen LogP contribution in [0.1, 0.15) is 11.3 Å². The number of anilines is 2. The summed E-state index contributed by atoms with van der Waals surface area (Å²) in [7, 11) is 1.85. The van der Waals surface area contributed by atoms with Crippen LogP contribution in [0.2, 0.25) is 0 Å². The number of nitrogens with two attached hydrogens (primary N) is 1. The number of hydrogen-bond donors (Lipinski definition) is 2. The molecule has 0 atom stereocenters. The summed E-state index contributed by atoms with van der Waals surface area (Å²) in [5.74, 6) is 3.19. The van der Waals surface area contributed by atoms with Crippen molar-refractivity contribution in [3.05, 3.63) is 11.3 Å². The third-order valence-electron chi connectivity index (χ3n) is 1.83. The summed E-state index contributed by atoms with van der Waals surface area (Å²) in [6.45, 7) is 0. The Hall–Kier alpha value is -0.970. The molecule has 3 N–H and O–H groups in total. The van der Waals surface area contributed by atoms with E-state index in [1.165, 1.54) is 5.56 Å². The van der Waals surface area contributed by atoms with Crippen LogP contribution < -0.4 is 11.1 Å². The molecule has 0 bridgehead atoms. The molecule has 0 fully saturated rings. The van der Waals surface area contributed by atoms with Crippen molar-refractivity contribution in [2.24, 2.45) is 0 Å². The second kappa shape index (κ2) is 2.82. The summed E-state index contributed by atoms with van der Waals surface area (Å²) in [6.07, 6.45) is 0. The molecular formula is C7H10N4S. The Morgan fingerprint density at radius 1 is 1.42 bits per heavy atom. The second-order valence-corrected chi connectivity index (χ2v) is 3.58. The van der Waals surface area contributed by atoms with Gasteiger partial charge in [0.2, 0.25) is 5.95 Å². The zero-order chi connectivity index (χ0) is 8.55. The number of thioether (sulfide) groups is 1. The van der Waals surface area contributed by atoms with E-state index < -0.39 is 0 Å². The van der Waals surface area contributed by atoms with Gasteiger partial charge in [-0.25, -0.2) is 4.98 Å². The normalized spacial score (nSPS) is 14.4. The Balaban J connectivity index is 2.55. The van der Waals surface area contributed by atoms with Crippen molar-refractivity contribution in [3.63, 3.8) is 0 Å².